The van der Waals surface area contributed by atoms with Gasteiger partial charge in [-0.3, -0.25) is 9.59 Å². The van der Waals surface area contributed by atoms with E-state index >= 15 is 0 Å². The third-order valence-electron chi connectivity index (χ3n) is 8.93. The zero-order valence-corrected chi connectivity index (χ0v) is 17.9. The molecule has 4 rings (SSSR count). The Morgan fingerprint density at radius 1 is 1.17 bits per heavy atom. The number of carbonyl (C=O) groups excluding carboxylic acids is 2. The quantitative estimate of drug-likeness (QED) is 0.680. The van der Waals surface area contributed by atoms with Gasteiger partial charge in [0, 0.05) is 11.8 Å². The molecule has 4 aliphatic rings. The fourth-order valence-corrected chi connectivity index (χ4v) is 7.57. The lowest BCUT2D eigenvalue weighted by atomic mass is 9.46. The second-order valence-electron chi connectivity index (χ2n) is 9.97. The lowest BCUT2D eigenvalue weighted by Crippen LogP contribution is -2.58. The maximum Gasteiger partial charge on any atom is 0.190 e. The van der Waals surface area contributed by atoms with Gasteiger partial charge in [0.25, 0.3) is 0 Å². The molecule has 4 aliphatic carbocycles. The number of rotatable bonds is 4. The van der Waals surface area contributed by atoms with Crippen molar-refractivity contribution in [3.05, 3.63) is 11.6 Å². The van der Waals surface area contributed by atoms with E-state index in [9.17, 15) is 29.0 Å². The van der Waals surface area contributed by atoms with E-state index in [0.29, 0.717) is 31.1 Å². The molecule has 8 heteroatoms. The summed E-state index contributed by atoms with van der Waals surface area (Å²) in [7, 11) is -5.27. The van der Waals surface area contributed by atoms with Gasteiger partial charge in [0.05, 0.1) is 7.82 Å². The molecule has 0 amide bonds. The molecule has 6 atom stereocenters. The molecule has 0 aliphatic heterocycles. The minimum atomic E-state index is -5.27. The Morgan fingerprint density at radius 2 is 1.86 bits per heavy atom. The highest BCUT2D eigenvalue weighted by Crippen LogP contribution is 2.67. The highest BCUT2D eigenvalue weighted by molar-refractivity contribution is 7.43. The van der Waals surface area contributed by atoms with E-state index < -0.39 is 31.2 Å². The summed E-state index contributed by atoms with van der Waals surface area (Å²) in [6.45, 7) is 3.31. The van der Waals surface area contributed by atoms with Gasteiger partial charge in [0.15, 0.2) is 11.6 Å². The van der Waals surface area contributed by atoms with Crippen LogP contribution in [0.2, 0.25) is 0 Å². The number of fused-ring (bicyclic) bond motifs is 5. The average Bonchev–Trinajstić information content (AvgIpc) is 2.92. The predicted octanol–water partition coefficient (Wildman–Crippen LogP) is 1.66. The van der Waals surface area contributed by atoms with E-state index in [4.69, 9.17) is 0 Å². The van der Waals surface area contributed by atoms with Crippen molar-refractivity contribution in [2.24, 2.45) is 28.6 Å². The lowest BCUT2D eigenvalue weighted by molar-refractivity contribution is -0.341. The Balaban J connectivity index is 1.59. The normalized spacial score (nSPS) is 44.5. The first kappa shape index (κ1) is 21.4. The Kier molecular flexibility index (Phi) is 5.03. The van der Waals surface area contributed by atoms with Gasteiger partial charge < -0.3 is 24.0 Å². The van der Waals surface area contributed by atoms with E-state index in [0.717, 1.165) is 25.7 Å². The number of Topliss-reactive ketones (excluding diaryl/α,β-unsaturated/α-hetero) is 1. The van der Waals surface area contributed by atoms with E-state index in [1.54, 1.807) is 0 Å². The summed E-state index contributed by atoms with van der Waals surface area (Å²) < 4.78 is 15.0. The van der Waals surface area contributed by atoms with Crippen LogP contribution >= 0.6 is 7.82 Å². The maximum atomic E-state index is 12.7. The molecular weight excluding hydrogens is 395 g/mol. The van der Waals surface area contributed by atoms with E-state index in [1.807, 2.05) is 13.0 Å². The molecule has 3 fully saturated rings. The zero-order valence-electron chi connectivity index (χ0n) is 17.0. The zero-order chi connectivity index (χ0) is 21.2. The van der Waals surface area contributed by atoms with Crippen molar-refractivity contribution in [1.29, 1.82) is 0 Å². The highest BCUT2D eigenvalue weighted by atomic mass is 31.2. The van der Waals surface area contributed by atoms with Crippen LogP contribution in [0.4, 0.5) is 0 Å². The van der Waals surface area contributed by atoms with E-state index in [1.165, 1.54) is 5.57 Å². The van der Waals surface area contributed by atoms with Crippen LogP contribution < -0.4 is 9.79 Å². The molecule has 0 aromatic carbocycles. The summed E-state index contributed by atoms with van der Waals surface area (Å²) in [4.78, 5) is 46.2. The van der Waals surface area contributed by atoms with Crippen LogP contribution in [0.25, 0.3) is 0 Å². The summed E-state index contributed by atoms with van der Waals surface area (Å²) in [6.07, 6.45) is 7.58. The fraction of sp³-hybridized carbons (Fsp3) is 0.810. The van der Waals surface area contributed by atoms with Gasteiger partial charge in [-0.05, 0) is 74.2 Å². The molecule has 0 radical (unpaired) electrons. The number of aliphatic hydroxyl groups is 1. The first-order valence-corrected chi connectivity index (χ1v) is 12.0. The Morgan fingerprint density at radius 3 is 2.55 bits per heavy atom. The first-order chi connectivity index (χ1) is 13.4. The highest BCUT2D eigenvalue weighted by Gasteiger charge is 2.66. The van der Waals surface area contributed by atoms with Gasteiger partial charge in [-0.15, -0.1) is 0 Å². The number of ketones is 2. The predicted molar refractivity (Wildman–Crippen MR) is 100 cm³/mol. The Bertz CT molecular complexity index is 816. The number of hydrogen-bond acceptors (Lipinski definition) is 7. The van der Waals surface area contributed by atoms with Gasteiger partial charge in [-0.1, -0.05) is 19.4 Å². The van der Waals surface area contributed by atoms with Crippen LogP contribution in [0.15, 0.2) is 11.6 Å². The SMILES string of the molecule is C[C@]12CCC(=O)C=C1CC[C@@H]1[C@@H]2CC[C@@]2(C)[C@H]1CC[C@]2(O)C(=O)COP(=O)([O-])[O-]. The number of phosphoric acid groups is 1. The molecule has 0 unspecified atom stereocenters. The summed E-state index contributed by atoms with van der Waals surface area (Å²) in [5, 5.41) is 11.4. The molecule has 0 bridgehead atoms. The molecule has 0 saturated heterocycles. The molecule has 7 nitrogen and oxygen atoms in total. The van der Waals surface area contributed by atoms with Crippen molar-refractivity contribution in [3.8, 4) is 0 Å². The molecule has 162 valence electrons. The second-order valence-corrected chi connectivity index (χ2v) is 11.1. The molecule has 0 aromatic heterocycles. The summed E-state index contributed by atoms with van der Waals surface area (Å²) in [5.74, 6) is 0.436. The van der Waals surface area contributed by atoms with Crippen molar-refractivity contribution in [2.45, 2.75) is 70.8 Å². The summed E-state index contributed by atoms with van der Waals surface area (Å²) in [6, 6.07) is 0. The van der Waals surface area contributed by atoms with Crippen molar-refractivity contribution >= 4 is 19.4 Å². The molecule has 1 N–H and O–H groups in total. The van der Waals surface area contributed by atoms with Crippen molar-refractivity contribution in [2.75, 3.05) is 6.61 Å². The van der Waals surface area contributed by atoms with Crippen molar-refractivity contribution < 1.29 is 33.6 Å². The molecule has 0 heterocycles. The number of carbonyl (C=O) groups is 2. The Labute approximate surface area is 171 Å². The van der Waals surface area contributed by atoms with Crippen LogP contribution in [0.1, 0.15) is 65.2 Å². The van der Waals surface area contributed by atoms with Crippen LogP contribution in [-0.2, 0) is 18.7 Å². The molecule has 0 spiro atoms. The van der Waals surface area contributed by atoms with Crippen LogP contribution in [0.3, 0.4) is 0 Å². The van der Waals surface area contributed by atoms with E-state index in [-0.39, 0.29) is 23.5 Å². The van der Waals surface area contributed by atoms with Gasteiger partial charge in [-0.2, -0.15) is 0 Å². The molecule has 0 aromatic rings. The summed E-state index contributed by atoms with van der Waals surface area (Å²) >= 11 is 0. The van der Waals surface area contributed by atoms with Crippen LogP contribution in [-0.4, -0.2) is 28.9 Å². The lowest BCUT2D eigenvalue weighted by Gasteiger charge is -2.58. The topological polar surface area (TPSA) is 127 Å². The smallest absolute Gasteiger partial charge is 0.190 e. The largest absolute Gasteiger partial charge is 0.790 e. The van der Waals surface area contributed by atoms with Crippen LogP contribution in [0.5, 0.6) is 0 Å². The number of phosphoric ester groups is 1. The Hall–Kier alpha value is -0.850. The average molecular weight is 424 g/mol. The minimum absolute atomic E-state index is 0.00371. The molecule has 29 heavy (non-hydrogen) atoms. The van der Waals surface area contributed by atoms with Crippen molar-refractivity contribution in [3.63, 3.8) is 0 Å². The molecular formula is C21H29O7P-2. The minimum Gasteiger partial charge on any atom is -0.790 e. The fourth-order valence-electron chi connectivity index (χ4n) is 7.29. The van der Waals surface area contributed by atoms with Crippen LogP contribution in [0, 0.1) is 28.6 Å². The van der Waals surface area contributed by atoms with Gasteiger partial charge in [0.1, 0.15) is 12.2 Å². The van der Waals surface area contributed by atoms with E-state index in [2.05, 4.69) is 11.4 Å². The molecule has 3 saturated carbocycles. The van der Waals surface area contributed by atoms with Gasteiger partial charge >= 0.3 is 0 Å². The maximum absolute atomic E-state index is 12.7. The first-order valence-electron chi connectivity index (χ1n) is 10.6. The third-order valence-corrected chi connectivity index (χ3v) is 9.37. The van der Waals surface area contributed by atoms with Crippen molar-refractivity contribution in [1.82, 2.24) is 0 Å². The summed E-state index contributed by atoms with van der Waals surface area (Å²) in [5.41, 5.74) is -1.06. The number of hydrogen-bond donors (Lipinski definition) is 1. The monoisotopic (exact) mass is 424 g/mol. The standard InChI is InChI=1S/C21H31O7P/c1-19-8-5-14(22)11-13(19)3-4-15-16(19)6-9-20(2)17(15)7-10-21(20,24)18(23)12-28-29(25,26)27/h11,15-17,24H,3-10,12H2,1-2H3,(H2,25,26,27)/p-2/t15-,16+,17+,19+,20+,21+/m1/s1. The van der Waals surface area contributed by atoms with Gasteiger partial charge in [0.2, 0.25) is 0 Å². The van der Waals surface area contributed by atoms with Gasteiger partial charge in [-0.25, -0.2) is 0 Å². The third kappa shape index (κ3) is 3.21. The second kappa shape index (κ2) is 6.83. The number of allylic oxidation sites excluding steroid dienone is 1.